The number of nitrogens with zero attached hydrogens (tertiary/aromatic N) is 6. The standard InChI is InChI=1S/2C20H28ClFN4O2S.2ClH/c1-13(2)20-17(14(3)26(24-20)12-16(22)8-9-23)10-15-6-7-19(18(21)11-15)29(27,28)25(4)5;1-13(2)20-17(14(3)24-26(20)12-16(22)8-9-23)10-15-6-7-19(18(21)11-15)29(27,28)25(4)5;;/h2*6-8,11,13H,9-10,12,23H2,1-5H3;2*1H/b2*16-8-;;. The Morgan fingerprint density at radius 3 is 1.50 bits per heavy atom. The molecule has 0 fully saturated rings. The van der Waals surface area contributed by atoms with Crippen LogP contribution in [0.4, 0.5) is 8.78 Å². The molecular weight excluding hydrogens is 900 g/mol. The molecule has 0 spiro atoms. The Hall–Kier alpha value is -2.90. The zero-order chi connectivity index (χ0) is 43.9. The first-order valence-corrected chi connectivity index (χ1v) is 22.2. The fraction of sp³-hybridized carbons (Fsp3) is 0.450. The molecule has 4 rings (SSSR count). The minimum Gasteiger partial charge on any atom is -0.327 e. The van der Waals surface area contributed by atoms with Crippen molar-refractivity contribution in [3.63, 3.8) is 0 Å². The molecule has 4 N–H and O–H groups in total. The van der Waals surface area contributed by atoms with Gasteiger partial charge in [-0.05, 0) is 73.2 Å². The van der Waals surface area contributed by atoms with Crippen molar-refractivity contribution in [3.8, 4) is 0 Å². The average Bonchev–Trinajstić information content (AvgIpc) is 3.58. The van der Waals surface area contributed by atoms with Crippen LogP contribution in [0.15, 0.2) is 70.0 Å². The average molecular weight is 959 g/mol. The Kier molecular flexibility index (Phi) is 21.6. The first kappa shape index (κ1) is 55.1. The molecule has 0 atom stereocenters. The van der Waals surface area contributed by atoms with Crippen LogP contribution in [0.25, 0.3) is 0 Å². The molecule has 0 saturated heterocycles. The normalized spacial score (nSPS) is 12.5. The molecule has 0 saturated carbocycles. The minimum absolute atomic E-state index is 0. The Labute approximate surface area is 376 Å². The van der Waals surface area contributed by atoms with Crippen LogP contribution < -0.4 is 11.5 Å². The summed E-state index contributed by atoms with van der Waals surface area (Å²) in [4.78, 5) is 0.136. The maximum atomic E-state index is 14.0. The summed E-state index contributed by atoms with van der Waals surface area (Å²) in [5.41, 5.74) is 17.9. The number of sulfonamides is 2. The van der Waals surface area contributed by atoms with Gasteiger partial charge in [0.1, 0.15) is 21.4 Å². The summed E-state index contributed by atoms with van der Waals surface area (Å²) in [5, 5.41) is 9.44. The molecular formula is C40H58Cl4F2N8O4S2. The van der Waals surface area contributed by atoms with Gasteiger partial charge in [0.05, 0.1) is 34.5 Å². The molecule has 0 aliphatic rings. The molecule has 0 aliphatic carbocycles. The van der Waals surface area contributed by atoms with Gasteiger partial charge in [-0.15, -0.1) is 24.8 Å². The lowest BCUT2D eigenvalue weighted by Crippen LogP contribution is -2.22. The highest BCUT2D eigenvalue weighted by Gasteiger charge is 2.25. The van der Waals surface area contributed by atoms with Gasteiger partial charge in [0.2, 0.25) is 20.0 Å². The quantitative estimate of drug-likeness (QED) is 0.114. The Morgan fingerprint density at radius 1 is 0.717 bits per heavy atom. The summed E-state index contributed by atoms with van der Waals surface area (Å²) in [7, 11) is -1.38. The van der Waals surface area contributed by atoms with Crippen molar-refractivity contribution in [2.45, 2.75) is 89.1 Å². The van der Waals surface area contributed by atoms with E-state index in [1.165, 1.54) is 52.5 Å². The molecule has 0 amide bonds. The molecule has 20 heteroatoms. The number of hydrogen-bond donors (Lipinski definition) is 2. The Bertz CT molecular complexity index is 2280. The maximum absolute atomic E-state index is 14.0. The van der Waals surface area contributed by atoms with E-state index in [1.807, 2.05) is 41.5 Å². The van der Waals surface area contributed by atoms with Gasteiger partial charge >= 0.3 is 0 Å². The summed E-state index contributed by atoms with van der Waals surface area (Å²) in [5.74, 6) is -0.387. The van der Waals surface area contributed by atoms with Gasteiger partial charge in [0.25, 0.3) is 0 Å². The van der Waals surface area contributed by atoms with Crippen LogP contribution in [-0.4, -0.2) is 86.3 Å². The van der Waals surface area contributed by atoms with Crippen LogP contribution >= 0.6 is 48.0 Å². The summed E-state index contributed by atoms with van der Waals surface area (Å²) in [6.45, 7) is 12.2. The van der Waals surface area contributed by atoms with Crippen LogP contribution in [0.1, 0.15) is 84.6 Å². The monoisotopic (exact) mass is 956 g/mol. The third kappa shape index (κ3) is 13.5. The van der Waals surface area contributed by atoms with Crippen molar-refractivity contribution >= 4 is 68.1 Å². The smallest absolute Gasteiger partial charge is 0.244 e. The lowest BCUT2D eigenvalue weighted by atomic mass is 9.97. The van der Waals surface area contributed by atoms with E-state index in [2.05, 4.69) is 10.2 Å². The third-order valence-corrected chi connectivity index (χ3v) is 13.9. The van der Waals surface area contributed by atoms with Gasteiger partial charge in [-0.2, -0.15) is 10.2 Å². The maximum Gasteiger partial charge on any atom is 0.244 e. The second kappa shape index (κ2) is 23.5. The van der Waals surface area contributed by atoms with Crippen molar-refractivity contribution in [1.82, 2.24) is 28.2 Å². The summed E-state index contributed by atoms with van der Waals surface area (Å²) < 4.78 is 83.0. The van der Waals surface area contributed by atoms with E-state index in [0.29, 0.717) is 12.8 Å². The van der Waals surface area contributed by atoms with Crippen LogP contribution in [0, 0.1) is 13.8 Å². The molecule has 0 aliphatic heterocycles. The van der Waals surface area contributed by atoms with E-state index in [9.17, 15) is 25.6 Å². The lowest BCUT2D eigenvalue weighted by Gasteiger charge is -2.15. The third-order valence-electron chi connectivity index (χ3n) is 9.30. The van der Waals surface area contributed by atoms with Crippen molar-refractivity contribution in [3.05, 3.63) is 115 Å². The largest absolute Gasteiger partial charge is 0.327 e. The second-order valence-corrected chi connectivity index (χ2v) is 19.8. The molecule has 0 bridgehead atoms. The van der Waals surface area contributed by atoms with E-state index in [4.69, 9.17) is 34.7 Å². The molecule has 0 radical (unpaired) electrons. The van der Waals surface area contributed by atoms with E-state index < -0.39 is 20.0 Å². The molecule has 2 heterocycles. The van der Waals surface area contributed by atoms with E-state index >= 15 is 0 Å². The first-order valence-electron chi connectivity index (χ1n) is 18.6. The number of hydrogen-bond acceptors (Lipinski definition) is 8. The van der Waals surface area contributed by atoms with Crippen molar-refractivity contribution < 1.29 is 25.6 Å². The Balaban J connectivity index is 0.000000581. The minimum atomic E-state index is -3.62. The predicted octanol–water partition coefficient (Wildman–Crippen LogP) is 8.09. The fourth-order valence-corrected chi connectivity index (χ4v) is 9.13. The summed E-state index contributed by atoms with van der Waals surface area (Å²) in [6.07, 6.45) is 3.71. The van der Waals surface area contributed by atoms with E-state index in [-0.39, 0.29) is 94.3 Å². The van der Waals surface area contributed by atoms with Gasteiger partial charge in [0, 0.05) is 76.6 Å². The lowest BCUT2D eigenvalue weighted by molar-refractivity contribution is 0.504. The molecule has 60 heavy (non-hydrogen) atoms. The Morgan fingerprint density at radius 2 is 1.13 bits per heavy atom. The van der Waals surface area contributed by atoms with Gasteiger partial charge in [-0.25, -0.2) is 34.2 Å². The molecule has 12 nitrogen and oxygen atoms in total. The van der Waals surface area contributed by atoms with Gasteiger partial charge in [-0.3, -0.25) is 9.36 Å². The van der Waals surface area contributed by atoms with Gasteiger partial charge < -0.3 is 11.5 Å². The molecule has 0 unspecified atom stereocenters. The fourth-order valence-electron chi connectivity index (χ4n) is 6.26. The number of aryl methyl sites for hydroxylation is 1. The predicted molar refractivity (Wildman–Crippen MR) is 243 cm³/mol. The highest BCUT2D eigenvalue weighted by atomic mass is 35.5. The van der Waals surface area contributed by atoms with Gasteiger partial charge in [-0.1, -0.05) is 63.0 Å². The molecule has 4 aromatic rings. The first-order chi connectivity index (χ1) is 27.0. The van der Waals surface area contributed by atoms with E-state index in [1.54, 1.807) is 33.6 Å². The summed E-state index contributed by atoms with van der Waals surface area (Å²) in [6, 6.07) is 9.86. The highest BCUT2D eigenvalue weighted by Crippen LogP contribution is 2.31. The number of rotatable bonds is 16. The van der Waals surface area contributed by atoms with Crippen LogP contribution in [-0.2, 0) is 46.0 Å². The molecule has 2 aromatic carbocycles. The number of allylic oxidation sites excluding steroid dienone is 2. The van der Waals surface area contributed by atoms with Gasteiger partial charge in [0.15, 0.2) is 0 Å². The van der Waals surface area contributed by atoms with Crippen molar-refractivity contribution in [2.75, 3.05) is 41.3 Å². The van der Waals surface area contributed by atoms with Crippen molar-refractivity contribution in [2.24, 2.45) is 11.5 Å². The number of aromatic nitrogens is 4. The van der Waals surface area contributed by atoms with Crippen LogP contribution in [0.5, 0.6) is 0 Å². The van der Waals surface area contributed by atoms with Crippen LogP contribution in [0.2, 0.25) is 10.0 Å². The van der Waals surface area contributed by atoms with Crippen LogP contribution in [0.3, 0.4) is 0 Å². The number of nitrogens with two attached hydrogens (primary N) is 2. The molecule has 336 valence electrons. The zero-order valence-electron chi connectivity index (χ0n) is 35.6. The van der Waals surface area contributed by atoms with Crippen molar-refractivity contribution in [1.29, 1.82) is 0 Å². The second-order valence-electron chi connectivity index (χ2n) is 14.8. The molecule has 2 aromatic heterocycles. The number of benzene rings is 2. The van der Waals surface area contributed by atoms with E-state index in [0.717, 1.165) is 53.6 Å². The summed E-state index contributed by atoms with van der Waals surface area (Å²) >= 11 is 12.6. The topological polar surface area (TPSA) is 162 Å². The SMILES string of the molecule is Cc1c(Cc2ccc(S(=O)(=O)N(C)C)c(Cl)c2)c(C(C)C)nn1C/C(F)=C/CN.Cc1nn(C/C(F)=C/CN)c(C(C)C)c1Cc1ccc(S(=O)(=O)N(C)C)c(Cl)c1.Cl.Cl. The highest BCUT2D eigenvalue weighted by molar-refractivity contribution is 7.89. The zero-order valence-corrected chi connectivity index (χ0v) is 40.4. The number of halogens is 6.